The van der Waals surface area contributed by atoms with Gasteiger partial charge in [-0.05, 0) is 0 Å². The van der Waals surface area contributed by atoms with Crippen LogP contribution in [-0.4, -0.2) is 59.8 Å². The molecule has 0 aromatic heterocycles. The van der Waals surface area contributed by atoms with E-state index >= 15 is 0 Å². The Morgan fingerprint density at radius 3 is 1.47 bits per heavy atom. The van der Waals surface area contributed by atoms with Crippen molar-refractivity contribution in [3.8, 4) is 6.07 Å². The monoisotopic (exact) mass is 262 g/mol. The average Bonchev–Trinajstić information content (AvgIpc) is 2.37. The second-order valence-corrected chi connectivity index (χ2v) is 8.85. The summed E-state index contributed by atoms with van der Waals surface area (Å²) in [5.41, 5.74) is 0. The zero-order valence-corrected chi connectivity index (χ0v) is 11.4. The minimum Gasteiger partial charge on any atom is -0.396 e. The predicted molar refractivity (Wildman–Crippen MR) is 71.7 cm³/mol. The number of aliphatic hydroxyl groups is 3. The maximum absolute atomic E-state index is 8.96. The van der Waals surface area contributed by atoms with Crippen molar-refractivity contribution in [2.24, 2.45) is 0 Å². The summed E-state index contributed by atoms with van der Waals surface area (Å²) in [5.74, 6) is 0. The van der Waals surface area contributed by atoms with Crippen LogP contribution in [0, 0.1) is 11.3 Å². The van der Waals surface area contributed by atoms with Gasteiger partial charge >= 0.3 is 0 Å². The molecule has 0 unspecified atom stereocenters. The minimum atomic E-state index is -1.26. The maximum atomic E-state index is 8.96. The van der Waals surface area contributed by atoms with E-state index in [9.17, 15) is 0 Å². The molecule has 0 saturated heterocycles. The number of nitrogens with zero attached hydrogens (tertiary/aromatic N) is 1. The third-order valence-corrected chi connectivity index (χ3v) is 8.04. The Bertz CT molecular complexity index is 197. The van der Waals surface area contributed by atoms with E-state index in [1.807, 2.05) is 0 Å². The van der Waals surface area contributed by atoms with Crippen molar-refractivity contribution < 1.29 is 15.3 Å². The van der Waals surface area contributed by atoms with Crippen molar-refractivity contribution in [2.75, 3.05) is 44.5 Å². The predicted octanol–water partition coefficient (Wildman–Crippen LogP) is 1.06. The number of nitriles is 1. The van der Waals surface area contributed by atoms with Crippen LogP contribution < -0.4 is 0 Å². The molecule has 0 saturated carbocycles. The fraction of sp³-hybridized carbons (Fsp3) is 0.917. The SMILES string of the molecule is N#CCC[P+](CCCO)(CCCO)CCCO. The summed E-state index contributed by atoms with van der Waals surface area (Å²) in [7, 11) is -1.26. The summed E-state index contributed by atoms with van der Waals surface area (Å²) in [5, 5.41) is 35.6. The molecule has 0 aromatic carbocycles. The first kappa shape index (κ1) is 16.8. The Labute approximate surface area is 105 Å². The van der Waals surface area contributed by atoms with Gasteiger partial charge in [0.05, 0.1) is 37.1 Å². The topological polar surface area (TPSA) is 84.5 Å². The van der Waals surface area contributed by atoms with Crippen LogP contribution in [0.2, 0.25) is 0 Å². The van der Waals surface area contributed by atoms with E-state index < -0.39 is 7.26 Å². The molecule has 17 heavy (non-hydrogen) atoms. The Morgan fingerprint density at radius 1 is 0.765 bits per heavy atom. The first-order valence-corrected chi connectivity index (χ1v) is 8.82. The fourth-order valence-electron chi connectivity index (χ4n) is 2.18. The van der Waals surface area contributed by atoms with Gasteiger partial charge < -0.3 is 15.3 Å². The van der Waals surface area contributed by atoms with Crippen molar-refractivity contribution in [2.45, 2.75) is 25.7 Å². The lowest BCUT2D eigenvalue weighted by atomic mass is 10.5. The molecule has 0 aromatic rings. The normalized spacial score (nSPS) is 11.4. The van der Waals surface area contributed by atoms with Crippen LogP contribution in [0.5, 0.6) is 0 Å². The first-order valence-electron chi connectivity index (χ1n) is 6.29. The molecule has 0 aliphatic carbocycles. The van der Waals surface area contributed by atoms with Crippen LogP contribution in [0.25, 0.3) is 0 Å². The second kappa shape index (κ2) is 10.9. The lowest BCUT2D eigenvalue weighted by Gasteiger charge is -2.26. The molecule has 0 heterocycles. The van der Waals surface area contributed by atoms with Gasteiger partial charge in [0.2, 0.25) is 0 Å². The molecule has 0 bridgehead atoms. The molecule has 0 aliphatic rings. The third-order valence-electron chi connectivity index (χ3n) is 3.07. The van der Waals surface area contributed by atoms with Crippen molar-refractivity contribution in [3.05, 3.63) is 0 Å². The van der Waals surface area contributed by atoms with Crippen LogP contribution >= 0.6 is 7.26 Å². The Balaban J connectivity index is 4.46. The van der Waals surface area contributed by atoms with Gasteiger partial charge in [0.1, 0.15) is 0 Å². The largest absolute Gasteiger partial charge is 0.396 e. The van der Waals surface area contributed by atoms with E-state index in [0.717, 1.165) is 43.9 Å². The summed E-state index contributed by atoms with van der Waals surface area (Å²) >= 11 is 0. The summed E-state index contributed by atoms with van der Waals surface area (Å²) in [6.45, 7) is 0.561. The van der Waals surface area contributed by atoms with Crippen LogP contribution in [0.3, 0.4) is 0 Å². The van der Waals surface area contributed by atoms with Crippen molar-refractivity contribution in [3.63, 3.8) is 0 Å². The minimum absolute atomic E-state index is 0.187. The van der Waals surface area contributed by atoms with Gasteiger partial charge in [-0.1, -0.05) is 0 Å². The summed E-state index contributed by atoms with van der Waals surface area (Å²) in [6.07, 6.45) is 6.71. The van der Waals surface area contributed by atoms with Gasteiger partial charge in [-0.2, -0.15) is 5.26 Å². The molecule has 4 nitrogen and oxygen atoms in total. The quantitative estimate of drug-likeness (QED) is 0.486. The zero-order valence-electron chi connectivity index (χ0n) is 10.5. The lowest BCUT2D eigenvalue weighted by Crippen LogP contribution is -2.15. The molecular formula is C12H25NO3P+. The number of hydrogen-bond acceptors (Lipinski definition) is 4. The molecule has 0 atom stereocenters. The maximum Gasteiger partial charge on any atom is 0.0724 e. The summed E-state index contributed by atoms with van der Waals surface area (Å²) < 4.78 is 0. The van der Waals surface area contributed by atoms with Crippen molar-refractivity contribution in [1.29, 1.82) is 5.26 Å². The molecule has 5 heteroatoms. The van der Waals surface area contributed by atoms with Crippen LogP contribution in [-0.2, 0) is 0 Å². The van der Waals surface area contributed by atoms with E-state index in [4.69, 9.17) is 20.6 Å². The molecule has 3 N–H and O–H groups in total. The zero-order chi connectivity index (χ0) is 13.0. The van der Waals surface area contributed by atoms with Gasteiger partial charge in [0.25, 0.3) is 0 Å². The van der Waals surface area contributed by atoms with Crippen molar-refractivity contribution in [1.82, 2.24) is 0 Å². The first-order chi connectivity index (χ1) is 8.24. The molecule has 0 amide bonds. The number of aliphatic hydroxyl groups excluding tert-OH is 3. The second-order valence-electron chi connectivity index (χ2n) is 4.38. The molecule has 0 radical (unpaired) electrons. The van der Waals surface area contributed by atoms with Crippen molar-refractivity contribution >= 4 is 7.26 Å². The Kier molecular flexibility index (Phi) is 10.8. The van der Waals surface area contributed by atoms with E-state index in [1.165, 1.54) is 0 Å². The molecule has 0 fully saturated rings. The number of rotatable bonds is 11. The molecular weight excluding hydrogens is 237 g/mol. The Morgan fingerprint density at radius 2 is 1.18 bits per heavy atom. The smallest absolute Gasteiger partial charge is 0.0724 e. The lowest BCUT2D eigenvalue weighted by molar-refractivity contribution is 0.292. The molecule has 100 valence electrons. The third kappa shape index (κ3) is 7.68. The molecule has 0 rings (SSSR count). The summed E-state index contributed by atoms with van der Waals surface area (Å²) in [6, 6.07) is 2.19. The standard InChI is InChI=1S/C12H25NO3P/c13-5-1-9-17(10-2-6-14,11-3-7-15)12-4-8-16/h14-16H,1-4,6-12H2/q+1. The van der Waals surface area contributed by atoms with Crippen LogP contribution in [0.4, 0.5) is 0 Å². The van der Waals surface area contributed by atoms with E-state index in [0.29, 0.717) is 6.42 Å². The average molecular weight is 262 g/mol. The highest BCUT2D eigenvalue weighted by Crippen LogP contribution is 2.60. The van der Waals surface area contributed by atoms with Gasteiger partial charge in [0, 0.05) is 46.3 Å². The van der Waals surface area contributed by atoms with Gasteiger partial charge in [0.15, 0.2) is 0 Å². The van der Waals surface area contributed by atoms with Gasteiger partial charge in [-0.15, -0.1) is 0 Å². The highest BCUT2D eigenvalue weighted by molar-refractivity contribution is 7.75. The highest BCUT2D eigenvalue weighted by Gasteiger charge is 2.35. The van der Waals surface area contributed by atoms with Gasteiger partial charge in [-0.3, -0.25) is 0 Å². The van der Waals surface area contributed by atoms with E-state index in [-0.39, 0.29) is 19.8 Å². The highest BCUT2D eigenvalue weighted by atomic mass is 31.2. The Hall–Kier alpha value is -0.200. The number of hydrogen-bond donors (Lipinski definition) is 3. The van der Waals surface area contributed by atoms with Gasteiger partial charge in [-0.25, -0.2) is 0 Å². The molecule has 0 spiro atoms. The fourth-order valence-corrected chi connectivity index (χ4v) is 6.53. The van der Waals surface area contributed by atoms with Crippen LogP contribution in [0.1, 0.15) is 25.7 Å². The van der Waals surface area contributed by atoms with E-state index in [2.05, 4.69) is 6.07 Å². The molecule has 0 aliphatic heterocycles. The van der Waals surface area contributed by atoms with Crippen LogP contribution in [0.15, 0.2) is 0 Å². The van der Waals surface area contributed by atoms with E-state index in [1.54, 1.807) is 0 Å². The summed E-state index contributed by atoms with van der Waals surface area (Å²) in [4.78, 5) is 0.